The minimum atomic E-state index is -0.277. The molecule has 1 amide bonds. The molecule has 4 aromatic carbocycles. The molecule has 0 radical (unpaired) electrons. The highest BCUT2D eigenvalue weighted by atomic mass is 19.1. The second-order valence-electron chi connectivity index (χ2n) is 10.7. The van der Waals surface area contributed by atoms with Gasteiger partial charge in [0.2, 0.25) is 0 Å². The molecular weight excluding hydrogens is 487 g/mol. The van der Waals surface area contributed by atoms with E-state index in [-0.39, 0.29) is 17.1 Å². The molecule has 1 aliphatic heterocycles. The lowest BCUT2D eigenvalue weighted by Gasteiger charge is -2.26. The van der Waals surface area contributed by atoms with Crippen LogP contribution >= 0.6 is 0 Å². The Morgan fingerprint density at radius 3 is 2.49 bits per heavy atom. The Bertz CT molecular complexity index is 1770. The number of aromatic nitrogens is 2. The second kappa shape index (κ2) is 8.64. The SMILES string of the molecule is Cc1cc2c(cnn2-c2ccc(F)cc2)cc1[C@]12CN(C(=O)c3ccc(C#N)cc3)C[C@H]1[C@@H]2c1ccccc1. The van der Waals surface area contributed by atoms with Crippen molar-refractivity contribution in [3.63, 3.8) is 0 Å². The molecule has 0 unspecified atom stereocenters. The average molecular weight is 513 g/mol. The van der Waals surface area contributed by atoms with Crippen molar-refractivity contribution < 1.29 is 9.18 Å². The average Bonchev–Trinajstić information content (AvgIpc) is 3.23. The van der Waals surface area contributed by atoms with E-state index in [9.17, 15) is 9.18 Å². The number of nitrogens with zero attached hydrogens (tertiary/aromatic N) is 4. The summed E-state index contributed by atoms with van der Waals surface area (Å²) in [7, 11) is 0. The van der Waals surface area contributed by atoms with Gasteiger partial charge in [-0.15, -0.1) is 0 Å². The lowest BCUT2D eigenvalue weighted by atomic mass is 9.86. The number of fused-ring (bicyclic) bond motifs is 2. The summed E-state index contributed by atoms with van der Waals surface area (Å²) in [6, 6.07) is 30.3. The zero-order chi connectivity index (χ0) is 26.7. The molecule has 2 fully saturated rings. The number of halogens is 1. The van der Waals surface area contributed by atoms with Crippen molar-refractivity contribution in [3.05, 3.63) is 131 Å². The molecule has 5 nitrogen and oxygen atoms in total. The second-order valence-corrected chi connectivity index (χ2v) is 10.7. The van der Waals surface area contributed by atoms with Crippen molar-refractivity contribution in [1.82, 2.24) is 14.7 Å². The molecule has 3 atom stereocenters. The van der Waals surface area contributed by atoms with E-state index >= 15 is 0 Å². The van der Waals surface area contributed by atoms with Gasteiger partial charge >= 0.3 is 0 Å². The van der Waals surface area contributed by atoms with Crippen molar-refractivity contribution in [1.29, 1.82) is 5.26 Å². The first-order chi connectivity index (χ1) is 19.0. The van der Waals surface area contributed by atoms with Crippen LogP contribution in [0.3, 0.4) is 0 Å². The highest BCUT2D eigenvalue weighted by Gasteiger charge is 2.70. The van der Waals surface area contributed by atoms with E-state index in [1.54, 1.807) is 36.4 Å². The van der Waals surface area contributed by atoms with Crippen LogP contribution in [0.15, 0.2) is 97.2 Å². The topological polar surface area (TPSA) is 61.9 Å². The Morgan fingerprint density at radius 2 is 1.77 bits per heavy atom. The molecular formula is C33H25FN4O. The van der Waals surface area contributed by atoms with Crippen LogP contribution in [-0.2, 0) is 5.41 Å². The Morgan fingerprint density at radius 1 is 1.03 bits per heavy atom. The molecule has 6 heteroatoms. The molecule has 1 aromatic heterocycles. The summed E-state index contributed by atoms with van der Waals surface area (Å²) in [5.74, 6) is 0.360. The Labute approximate surface area is 225 Å². The van der Waals surface area contributed by atoms with Crippen molar-refractivity contribution in [3.8, 4) is 11.8 Å². The van der Waals surface area contributed by atoms with Gasteiger partial charge in [0.1, 0.15) is 5.82 Å². The maximum Gasteiger partial charge on any atom is 0.253 e. The zero-order valence-electron chi connectivity index (χ0n) is 21.4. The van der Waals surface area contributed by atoms with E-state index in [4.69, 9.17) is 5.26 Å². The molecule has 1 aliphatic carbocycles. The summed E-state index contributed by atoms with van der Waals surface area (Å²) in [4.78, 5) is 15.5. The third kappa shape index (κ3) is 3.58. The van der Waals surface area contributed by atoms with Crippen LogP contribution in [0.5, 0.6) is 0 Å². The van der Waals surface area contributed by atoms with Gasteiger partial charge in [0, 0.05) is 35.4 Å². The van der Waals surface area contributed by atoms with Gasteiger partial charge < -0.3 is 4.90 Å². The van der Waals surface area contributed by atoms with Crippen LogP contribution in [0.4, 0.5) is 4.39 Å². The summed E-state index contributed by atoms with van der Waals surface area (Å²) >= 11 is 0. The number of aryl methyl sites for hydroxylation is 1. The molecule has 190 valence electrons. The lowest BCUT2D eigenvalue weighted by Crippen LogP contribution is -2.34. The van der Waals surface area contributed by atoms with Crippen molar-refractivity contribution in [2.45, 2.75) is 18.3 Å². The van der Waals surface area contributed by atoms with Gasteiger partial charge in [-0.25, -0.2) is 9.07 Å². The van der Waals surface area contributed by atoms with Gasteiger partial charge in [0.25, 0.3) is 5.91 Å². The third-order valence-electron chi connectivity index (χ3n) is 8.57. The number of rotatable bonds is 4. The molecule has 5 aromatic rings. The van der Waals surface area contributed by atoms with Crippen LogP contribution in [0.1, 0.15) is 38.5 Å². The minimum Gasteiger partial charge on any atom is -0.337 e. The van der Waals surface area contributed by atoms with E-state index in [0.29, 0.717) is 36.1 Å². The predicted octanol–water partition coefficient (Wildman–Crippen LogP) is 6.15. The van der Waals surface area contributed by atoms with E-state index in [1.165, 1.54) is 23.3 Å². The molecule has 1 saturated heterocycles. The number of likely N-dealkylation sites (tertiary alicyclic amines) is 1. The number of carbonyl (C=O) groups excluding carboxylic acids is 1. The quantitative estimate of drug-likeness (QED) is 0.290. The van der Waals surface area contributed by atoms with E-state index < -0.39 is 0 Å². The highest BCUT2D eigenvalue weighted by molar-refractivity contribution is 5.95. The van der Waals surface area contributed by atoms with Gasteiger partial charge in [-0.3, -0.25) is 4.79 Å². The number of nitriles is 1. The molecule has 39 heavy (non-hydrogen) atoms. The number of benzene rings is 4. The minimum absolute atomic E-state index is 0.000682. The number of carbonyl (C=O) groups is 1. The van der Waals surface area contributed by atoms with Crippen LogP contribution in [0, 0.1) is 30.0 Å². The number of piperidine rings is 1. The normalized spacial score (nSPS) is 21.5. The molecule has 7 rings (SSSR count). The van der Waals surface area contributed by atoms with E-state index in [2.05, 4.69) is 54.5 Å². The van der Waals surface area contributed by atoms with Crippen molar-refractivity contribution in [2.24, 2.45) is 5.92 Å². The largest absolute Gasteiger partial charge is 0.337 e. The van der Waals surface area contributed by atoms with Crippen LogP contribution in [-0.4, -0.2) is 33.7 Å². The number of hydrogen-bond donors (Lipinski definition) is 0. The first-order valence-electron chi connectivity index (χ1n) is 13.1. The van der Waals surface area contributed by atoms with Crippen molar-refractivity contribution in [2.75, 3.05) is 13.1 Å². The molecule has 0 N–H and O–H groups in total. The standard InChI is InChI=1S/C33H25FN4O/c1-21-15-30-25(18-36-38(30)27-13-11-26(34)12-14-27)16-28(21)33-20-37(32(39)24-9-7-22(17-35)8-10-24)19-29(33)31(33)23-5-3-2-4-6-23/h2-16,18,29,31H,19-20H2,1H3/t29-,31-,33+/m0/s1. The first kappa shape index (κ1) is 23.4. The fourth-order valence-corrected chi connectivity index (χ4v) is 6.76. The maximum absolute atomic E-state index is 13.5. The summed E-state index contributed by atoms with van der Waals surface area (Å²) < 4.78 is 15.4. The third-order valence-corrected chi connectivity index (χ3v) is 8.57. The molecule has 2 heterocycles. The summed E-state index contributed by atoms with van der Waals surface area (Å²) in [6.45, 7) is 3.45. The van der Waals surface area contributed by atoms with Gasteiger partial charge in [-0.05, 0) is 90.2 Å². The Hall–Kier alpha value is -4.76. The Kier molecular flexibility index (Phi) is 5.18. The monoisotopic (exact) mass is 512 g/mol. The number of amides is 1. The van der Waals surface area contributed by atoms with Crippen LogP contribution in [0.25, 0.3) is 16.6 Å². The first-order valence-corrected chi connectivity index (χ1v) is 13.1. The van der Waals surface area contributed by atoms with Gasteiger partial charge in [-0.1, -0.05) is 30.3 Å². The fourth-order valence-electron chi connectivity index (χ4n) is 6.76. The van der Waals surface area contributed by atoms with Crippen molar-refractivity contribution >= 4 is 16.8 Å². The van der Waals surface area contributed by atoms with E-state index in [0.717, 1.165) is 22.2 Å². The smallest absolute Gasteiger partial charge is 0.253 e. The summed E-state index contributed by atoms with van der Waals surface area (Å²) in [5.41, 5.74) is 6.45. The summed E-state index contributed by atoms with van der Waals surface area (Å²) in [5, 5.41) is 14.8. The fraction of sp³-hybridized carbons (Fsp3) is 0.182. The molecule has 0 spiro atoms. The number of hydrogen-bond acceptors (Lipinski definition) is 3. The van der Waals surface area contributed by atoms with E-state index in [1.807, 2.05) is 21.8 Å². The van der Waals surface area contributed by atoms with Gasteiger partial charge in [-0.2, -0.15) is 10.4 Å². The maximum atomic E-state index is 13.5. The molecule has 2 aliphatic rings. The lowest BCUT2D eigenvalue weighted by molar-refractivity contribution is 0.0769. The summed E-state index contributed by atoms with van der Waals surface area (Å²) in [6.07, 6.45) is 1.86. The zero-order valence-corrected chi connectivity index (χ0v) is 21.4. The molecule has 0 bridgehead atoms. The Balaban J connectivity index is 1.29. The van der Waals surface area contributed by atoms with Gasteiger partial charge in [0.05, 0.1) is 29.0 Å². The molecule has 1 saturated carbocycles. The highest BCUT2D eigenvalue weighted by Crippen LogP contribution is 2.69. The van der Waals surface area contributed by atoms with Crippen LogP contribution < -0.4 is 0 Å². The van der Waals surface area contributed by atoms with Gasteiger partial charge in [0.15, 0.2) is 0 Å². The predicted molar refractivity (Wildman–Crippen MR) is 147 cm³/mol. The van der Waals surface area contributed by atoms with Crippen LogP contribution in [0.2, 0.25) is 0 Å².